The summed E-state index contributed by atoms with van der Waals surface area (Å²) in [5.41, 5.74) is 2.20. The molecule has 1 fully saturated rings. The first-order chi connectivity index (χ1) is 7.83. The van der Waals surface area contributed by atoms with E-state index in [1.165, 1.54) is 0 Å². The zero-order valence-corrected chi connectivity index (χ0v) is 10.3. The van der Waals surface area contributed by atoms with E-state index in [9.17, 15) is 0 Å². The van der Waals surface area contributed by atoms with Gasteiger partial charge in [-0.05, 0) is 12.1 Å². The first-order valence-electron chi connectivity index (χ1n) is 5.40. The SMILES string of the molecule is Brc1cc(NCC2CNC2)c2cn[nH]c2c1. The van der Waals surface area contributed by atoms with E-state index >= 15 is 0 Å². The average molecular weight is 281 g/mol. The summed E-state index contributed by atoms with van der Waals surface area (Å²) in [5.74, 6) is 0.751. The number of H-pyrrole nitrogens is 1. The fourth-order valence-electron chi connectivity index (χ4n) is 1.91. The molecule has 3 N–H and O–H groups in total. The van der Waals surface area contributed by atoms with Crippen LogP contribution in [0.2, 0.25) is 0 Å². The topological polar surface area (TPSA) is 52.7 Å². The minimum Gasteiger partial charge on any atom is -0.384 e. The normalized spacial score (nSPS) is 16.3. The Labute approximate surface area is 102 Å². The van der Waals surface area contributed by atoms with Gasteiger partial charge in [0, 0.05) is 41.1 Å². The fourth-order valence-corrected chi connectivity index (χ4v) is 2.37. The number of nitrogens with zero attached hydrogens (tertiary/aromatic N) is 1. The van der Waals surface area contributed by atoms with Gasteiger partial charge >= 0.3 is 0 Å². The predicted molar refractivity (Wildman–Crippen MR) is 68.6 cm³/mol. The largest absolute Gasteiger partial charge is 0.384 e. The van der Waals surface area contributed by atoms with Crippen molar-refractivity contribution >= 4 is 32.5 Å². The molecular formula is C11H13BrN4. The summed E-state index contributed by atoms with van der Waals surface area (Å²) in [5, 5.41) is 15.0. The van der Waals surface area contributed by atoms with Crippen LogP contribution in [-0.2, 0) is 0 Å². The van der Waals surface area contributed by atoms with Gasteiger partial charge in [0.05, 0.1) is 11.7 Å². The van der Waals surface area contributed by atoms with E-state index in [0.29, 0.717) is 0 Å². The van der Waals surface area contributed by atoms with Gasteiger partial charge < -0.3 is 10.6 Å². The van der Waals surface area contributed by atoms with E-state index < -0.39 is 0 Å². The molecule has 2 aromatic rings. The highest BCUT2D eigenvalue weighted by molar-refractivity contribution is 9.10. The second-order valence-electron chi connectivity index (χ2n) is 4.19. The molecular weight excluding hydrogens is 268 g/mol. The van der Waals surface area contributed by atoms with Crippen molar-refractivity contribution in [2.75, 3.05) is 25.0 Å². The summed E-state index contributed by atoms with van der Waals surface area (Å²) in [7, 11) is 0. The van der Waals surface area contributed by atoms with Gasteiger partial charge in [0.25, 0.3) is 0 Å². The second kappa shape index (κ2) is 4.07. The molecule has 1 aliphatic rings. The van der Waals surface area contributed by atoms with E-state index in [0.717, 1.165) is 46.6 Å². The monoisotopic (exact) mass is 280 g/mol. The lowest BCUT2D eigenvalue weighted by atomic mass is 10.0. The highest BCUT2D eigenvalue weighted by Gasteiger charge is 2.16. The highest BCUT2D eigenvalue weighted by Crippen LogP contribution is 2.27. The summed E-state index contributed by atoms with van der Waals surface area (Å²) in [6.07, 6.45) is 1.86. The van der Waals surface area contributed by atoms with Crippen molar-refractivity contribution in [3.8, 4) is 0 Å². The van der Waals surface area contributed by atoms with E-state index in [-0.39, 0.29) is 0 Å². The second-order valence-corrected chi connectivity index (χ2v) is 5.11. The molecule has 0 spiro atoms. The first-order valence-corrected chi connectivity index (χ1v) is 6.19. The maximum absolute atomic E-state index is 4.07. The zero-order valence-electron chi connectivity index (χ0n) is 8.76. The van der Waals surface area contributed by atoms with Gasteiger partial charge in [0.15, 0.2) is 0 Å². The summed E-state index contributed by atoms with van der Waals surface area (Å²) in [4.78, 5) is 0. The van der Waals surface area contributed by atoms with Gasteiger partial charge in [-0.3, -0.25) is 5.10 Å². The molecule has 0 radical (unpaired) electrons. The molecule has 84 valence electrons. The van der Waals surface area contributed by atoms with Gasteiger partial charge in [0.1, 0.15) is 0 Å². The van der Waals surface area contributed by atoms with Crippen molar-refractivity contribution in [3.63, 3.8) is 0 Å². The number of rotatable bonds is 3. The number of nitrogens with one attached hydrogen (secondary N) is 3. The molecule has 4 nitrogen and oxygen atoms in total. The van der Waals surface area contributed by atoms with Crippen LogP contribution in [0.1, 0.15) is 0 Å². The first kappa shape index (κ1) is 10.1. The lowest BCUT2D eigenvalue weighted by molar-refractivity contribution is 0.365. The Balaban J connectivity index is 1.85. The molecule has 5 heteroatoms. The summed E-state index contributed by atoms with van der Waals surface area (Å²) >= 11 is 3.51. The molecule has 0 unspecified atom stereocenters. The van der Waals surface area contributed by atoms with Crippen molar-refractivity contribution in [1.82, 2.24) is 15.5 Å². The van der Waals surface area contributed by atoms with Crippen LogP contribution in [0.25, 0.3) is 10.9 Å². The van der Waals surface area contributed by atoms with Crippen LogP contribution in [-0.4, -0.2) is 29.8 Å². The Kier molecular flexibility index (Phi) is 2.57. The third kappa shape index (κ3) is 1.81. The number of halogens is 1. The molecule has 0 bridgehead atoms. The van der Waals surface area contributed by atoms with Gasteiger partial charge in [-0.15, -0.1) is 0 Å². The van der Waals surface area contributed by atoms with Gasteiger partial charge in [-0.25, -0.2) is 0 Å². The van der Waals surface area contributed by atoms with E-state index in [1.54, 1.807) is 0 Å². The van der Waals surface area contributed by atoms with Crippen molar-refractivity contribution in [1.29, 1.82) is 0 Å². The summed E-state index contributed by atoms with van der Waals surface area (Å²) in [6.45, 7) is 3.26. The lowest BCUT2D eigenvalue weighted by Gasteiger charge is -2.27. The Morgan fingerprint density at radius 3 is 3.06 bits per heavy atom. The zero-order chi connectivity index (χ0) is 11.0. The molecule has 1 aromatic carbocycles. The van der Waals surface area contributed by atoms with Crippen LogP contribution >= 0.6 is 15.9 Å². The molecule has 16 heavy (non-hydrogen) atoms. The van der Waals surface area contributed by atoms with Crippen LogP contribution in [0.3, 0.4) is 0 Å². The molecule has 1 saturated heterocycles. The highest BCUT2D eigenvalue weighted by atomic mass is 79.9. The Bertz CT molecular complexity index is 504. The van der Waals surface area contributed by atoms with Crippen molar-refractivity contribution in [3.05, 3.63) is 22.8 Å². The molecule has 0 aliphatic carbocycles. The molecule has 1 aliphatic heterocycles. The minimum absolute atomic E-state index is 0.751. The maximum Gasteiger partial charge on any atom is 0.0682 e. The molecule has 1 aromatic heterocycles. The van der Waals surface area contributed by atoms with E-state index in [4.69, 9.17) is 0 Å². The number of fused-ring (bicyclic) bond motifs is 1. The van der Waals surface area contributed by atoms with Gasteiger partial charge in [-0.2, -0.15) is 5.10 Å². The molecule has 3 rings (SSSR count). The number of aromatic nitrogens is 2. The summed E-state index contributed by atoms with van der Waals surface area (Å²) in [6, 6.07) is 4.14. The van der Waals surface area contributed by atoms with Crippen LogP contribution in [0.15, 0.2) is 22.8 Å². The van der Waals surface area contributed by atoms with Crippen molar-refractivity contribution in [2.24, 2.45) is 5.92 Å². The third-order valence-corrected chi connectivity index (χ3v) is 3.43. The average Bonchev–Trinajstić information content (AvgIpc) is 2.62. The Morgan fingerprint density at radius 2 is 2.31 bits per heavy atom. The molecule has 0 atom stereocenters. The van der Waals surface area contributed by atoms with Crippen molar-refractivity contribution < 1.29 is 0 Å². The van der Waals surface area contributed by atoms with E-state index in [1.807, 2.05) is 12.3 Å². The minimum atomic E-state index is 0.751. The number of aromatic amines is 1. The Morgan fingerprint density at radius 1 is 1.44 bits per heavy atom. The number of hydrogen-bond acceptors (Lipinski definition) is 3. The number of hydrogen-bond donors (Lipinski definition) is 3. The van der Waals surface area contributed by atoms with Crippen LogP contribution in [0.4, 0.5) is 5.69 Å². The van der Waals surface area contributed by atoms with Crippen LogP contribution < -0.4 is 10.6 Å². The Hall–Kier alpha value is -1.07. The van der Waals surface area contributed by atoms with Crippen LogP contribution in [0.5, 0.6) is 0 Å². The molecule has 2 heterocycles. The van der Waals surface area contributed by atoms with Gasteiger partial charge in [0.2, 0.25) is 0 Å². The van der Waals surface area contributed by atoms with Gasteiger partial charge in [-0.1, -0.05) is 15.9 Å². The predicted octanol–water partition coefficient (Wildman–Crippen LogP) is 1.96. The summed E-state index contributed by atoms with van der Waals surface area (Å²) < 4.78 is 1.07. The third-order valence-electron chi connectivity index (χ3n) is 2.97. The van der Waals surface area contributed by atoms with E-state index in [2.05, 4.69) is 42.8 Å². The van der Waals surface area contributed by atoms with Crippen molar-refractivity contribution in [2.45, 2.75) is 0 Å². The van der Waals surface area contributed by atoms with Crippen LogP contribution in [0, 0.1) is 5.92 Å². The lowest BCUT2D eigenvalue weighted by Crippen LogP contribution is -2.45. The molecule has 0 amide bonds. The quantitative estimate of drug-likeness (QED) is 0.806. The molecule has 0 saturated carbocycles. The standard InChI is InChI=1S/C11H13BrN4/c12-8-1-10(14-5-7-3-13-4-7)9-6-15-16-11(9)2-8/h1-2,6-7,13-14H,3-5H2,(H,15,16). The number of benzene rings is 1. The fraction of sp³-hybridized carbons (Fsp3) is 0.364. The number of anilines is 1. The smallest absolute Gasteiger partial charge is 0.0682 e. The maximum atomic E-state index is 4.07.